The van der Waals surface area contributed by atoms with E-state index in [1.807, 2.05) is 0 Å². The number of hydrazone groups is 1. The van der Waals surface area contributed by atoms with Crippen molar-refractivity contribution in [3.8, 4) is 0 Å². The largest absolute Gasteiger partial charge is 0.465 e. The third-order valence-corrected chi connectivity index (χ3v) is 1.74. The first-order valence-corrected chi connectivity index (χ1v) is 4.14. The lowest BCUT2D eigenvalue weighted by Gasteiger charge is -2.17. The van der Waals surface area contributed by atoms with Crippen LogP contribution in [0.1, 0.15) is 20.3 Å². The lowest BCUT2D eigenvalue weighted by molar-refractivity contribution is -0.152. The van der Waals surface area contributed by atoms with Crippen LogP contribution in [0.15, 0.2) is 5.10 Å². The van der Waals surface area contributed by atoms with Crippen LogP contribution in [-0.2, 0) is 14.3 Å². The third-order valence-electron chi connectivity index (χ3n) is 1.74. The van der Waals surface area contributed by atoms with Crippen LogP contribution in [0.2, 0.25) is 0 Å². The monoisotopic (exact) mass is 184 g/mol. The summed E-state index contributed by atoms with van der Waals surface area (Å²) in [5, 5.41) is 3.71. The lowest BCUT2D eigenvalue weighted by atomic mass is 10.0. The Bertz CT molecular complexity index is 260. The zero-order valence-electron chi connectivity index (χ0n) is 7.66. The number of rotatable bonds is 2. The summed E-state index contributed by atoms with van der Waals surface area (Å²) >= 11 is 0. The summed E-state index contributed by atoms with van der Waals surface area (Å²) < 4.78 is 4.75. The first kappa shape index (κ1) is 9.70. The second-order valence-corrected chi connectivity index (χ2v) is 2.83. The molecule has 0 aromatic carbocycles. The van der Waals surface area contributed by atoms with Crippen molar-refractivity contribution in [3.63, 3.8) is 0 Å². The van der Waals surface area contributed by atoms with Crippen molar-refractivity contribution < 1.29 is 14.3 Å². The quantitative estimate of drug-likeness (QED) is 0.487. The average molecular weight is 184 g/mol. The standard InChI is InChI=1S/C8H12N2O3/c1-3-13-8(12)6-4-5(2)9-10-7(6)11/h6H,3-4H2,1-2H3,(H,10,11)/t6-/m0/s1. The number of carbonyl (C=O) groups is 2. The van der Waals surface area contributed by atoms with E-state index in [1.165, 1.54) is 0 Å². The molecule has 0 fully saturated rings. The van der Waals surface area contributed by atoms with Gasteiger partial charge in [0.05, 0.1) is 6.61 Å². The highest BCUT2D eigenvalue weighted by atomic mass is 16.5. The number of esters is 1. The first-order valence-electron chi connectivity index (χ1n) is 4.14. The second kappa shape index (κ2) is 4.02. The number of nitrogens with zero attached hydrogens (tertiary/aromatic N) is 1. The number of ether oxygens (including phenoxy) is 1. The number of hydrogen-bond acceptors (Lipinski definition) is 4. The zero-order chi connectivity index (χ0) is 9.84. The highest BCUT2D eigenvalue weighted by molar-refractivity contribution is 6.04. The van der Waals surface area contributed by atoms with Gasteiger partial charge in [0.1, 0.15) is 5.92 Å². The first-order chi connectivity index (χ1) is 6.15. The molecule has 0 unspecified atom stereocenters. The minimum Gasteiger partial charge on any atom is -0.465 e. The van der Waals surface area contributed by atoms with Crippen molar-refractivity contribution in [2.45, 2.75) is 20.3 Å². The van der Waals surface area contributed by atoms with Crippen LogP contribution in [0.3, 0.4) is 0 Å². The molecule has 1 rings (SSSR count). The summed E-state index contributed by atoms with van der Waals surface area (Å²) in [6.45, 7) is 3.75. The number of amides is 1. The molecule has 0 spiro atoms. The zero-order valence-corrected chi connectivity index (χ0v) is 7.66. The van der Waals surface area contributed by atoms with E-state index in [0.29, 0.717) is 13.0 Å². The lowest BCUT2D eigenvalue weighted by Crippen LogP contribution is -2.39. The summed E-state index contributed by atoms with van der Waals surface area (Å²) in [6, 6.07) is 0. The maximum absolute atomic E-state index is 11.2. The smallest absolute Gasteiger partial charge is 0.318 e. The van der Waals surface area contributed by atoms with Gasteiger partial charge in [0.15, 0.2) is 0 Å². The molecule has 0 radical (unpaired) electrons. The van der Waals surface area contributed by atoms with Gasteiger partial charge in [-0.05, 0) is 13.8 Å². The van der Waals surface area contributed by atoms with Crippen molar-refractivity contribution >= 4 is 17.6 Å². The minimum atomic E-state index is -0.725. The molecule has 1 aliphatic heterocycles. The van der Waals surface area contributed by atoms with Gasteiger partial charge in [-0.3, -0.25) is 9.59 Å². The van der Waals surface area contributed by atoms with Gasteiger partial charge in [0.25, 0.3) is 5.91 Å². The Morgan fingerprint density at radius 2 is 2.46 bits per heavy atom. The Hall–Kier alpha value is -1.39. The number of nitrogens with one attached hydrogen (secondary N) is 1. The molecule has 1 N–H and O–H groups in total. The predicted octanol–water partition coefficient (Wildman–Crippen LogP) is 0.0615. The van der Waals surface area contributed by atoms with Crippen molar-refractivity contribution in [1.29, 1.82) is 0 Å². The van der Waals surface area contributed by atoms with E-state index in [4.69, 9.17) is 4.74 Å². The molecule has 1 atom stereocenters. The van der Waals surface area contributed by atoms with Gasteiger partial charge in [0, 0.05) is 12.1 Å². The predicted molar refractivity (Wildman–Crippen MR) is 46.0 cm³/mol. The molecule has 5 nitrogen and oxygen atoms in total. The van der Waals surface area contributed by atoms with Crippen LogP contribution in [0.25, 0.3) is 0 Å². The number of carbonyl (C=O) groups excluding carboxylic acids is 2. The highest BCUT2D eigenvalue weighted by Gasteiger charge is 2.31. The summed E-state index contributed by atoms with van der Waals surface area (Å²) in [5.41, 5.74) is 3.00. The molecule has 1 amide bonds. The summed E-state index contributed by atoms with van der Waals surface area (Å²) in [7, 11) is 0. The van der Waals surface area contributed by atoms with Gasteiger partial charge in [-0.1, -0.05) is 0 Å². The van der Waals surface area contributed by atoms with Crippen molar-refractivity contribution in [2.75, 3.05) is 6.61 Å². The van der Waals surface area contributed by atoms with Crippen LogP contribution in [0.5, 0.6) is 0 Å². The molecule has 1 aliphatic rings. The van der Waals surface area contributed by atoms with E-state index in [-0.39, 0.29) is 5.91 Å². The van der Waals surface area contributed by atoms with Crippen molar-refractivity contribution in [3.05, 3.63) is 0 Å². The van der Waals surface area contributed by atoms with Gasteiger partial charge < -0.3 is 4.74 Å². The van der Waals surface area contributed by atoms with Crippen LogP contribution < -0.4 is 5.43 Å². The van der Waals surface area contributed by atoms with Crippen molar-refractivity contribution in [2.24, 2.45) is 11.0 Å². The molecule has 0 aliphatic carbocycles. The fourth-order valence-electron chi connectivity index (χ4n) is 1.10. The minimum absolute atomic E-state index is 0.290. The Morgan fingerprint density at radius 1 is 1.77 bits per heavy atom. The number of hydrogen-bond donors (Lipinski definition) is 1. The molecule has 0 bridgehead atoms. The van der Waals surface area contributed by atoms with Gasteiger partial charge in [-0.15, -0.1) is 0 Å². The molecular formula is C8H12N2O3. The molecule has 0 aromatic heterocycles. The molecule has 0 saturated carbocycles. The van der Waals surface area contributed by atoms with Gasteiger partial charge >= 0.3 is 5.97 Å². The third kappa shape index (κ3) is 2.27. The average Bonchev–Trinajstić information content (AvgIpc) is 2.09. The van der Waals surface area contributed by atoms with E-state index in [0.717, 1.165) is 5.71 Å². The molecule has 13 heavy (non-hydrogen) atoms. The maximum Gasteiger partial charge on any atom is 0.318 e. The normalized spacial score (nSPS) is 21.8. The van der Waals surface area contributed by atoms with E-state index in [2.05, 4.69) is 10.5 Å². The summed E-state index contributed by atoms with van der Waals surface area (Å²) in [5.74, 6) is -1.59. The Kier molecular flexibility index (Phi) is 3.00. The molecule has 72 valence electrons. The summed E-state index contributed by atoms with van der Waals surface area (Å²) in [6.07, 6.45) is 0.352. The van der Waals surface area contributed by atoms with E-state index >= 15 is 0 Å². The van der Waals surface area contributed by atoms with Crippen LogP contribution in [0.4, 0.5) is 0 Å². The second-order valence-electron chi connectivity index (χ2n) is 2.83. The van der Waals surface area contributed by atoms with E-state index in [1.54, 1.807) is 13.8 Å². The Morgan fingerprint density at radius 3 is 3.08 bits per heavy atom. The topological polar surface area (TPSA) is 67.8 Å². The summed E-state index contributed by atoms with van der Waals surface area (Å²) in [4.78, 5) is 22.4. The molecule has 1 heterocycles. The van der Waals surface area contributed by atoms with Crippen LogP contribution >= 0.6 is 0 Å². The molecule has 0 saturated heterocycles. The van der Waals surface area contributed by atoms with Gasteiger partial charge in [0.2, 0.25) is 0 Å². The maximum atomic E-state index is 11.2. The molecule has 0 aromatic rings. The fourth-order valence-corrected chi connectivity index (χ4v) is 1.10. The Labute approximate surface area is 76.1 Å². The van der Waals surface area contributed by atoms with Crippen LogP contribution in [0, 0.1) is 5.92 Å². The van der Waals surface area contributed by atoms with Crippen molar-refractivity contribution in [1.82, 2.24) is 5.43 Å². The highest BCUT2D eigenvalue weighted by Crippen LogP contribution is 2.11. The van der Waals surface area contributed by atoms with E-state index < -0.39 is 11.9 Å². The van der Waals surface area contributed by atoms with E-state index in [9.17, 15) is 9.59 Å². The van der Waals surface area contributed by atoms with Gasteiger partial charge in [-0.2, -0.15) is 5.10 Å². The molecular weight excluding hydrogens is 172 g/mol. The fraction of sp³-hybridized carbons (Fsp3) is 0.625. The SMILES string of the molecule is CCOC(=O)[C@H]1CC(C)=NNC1=O. The molecule has 5 heteroatoms. The van der Waals surface area contributed by atoms with Gasteiger partial charge in [-0.25, -0.2) is 5.43 Å². The van der Waals surface area contributed by atoms with Crippen LogP contribution in [-0.4, -0.2) is 24.2 Å². The Balaban J connectivity index is 2.64.